The molecule has 3 aromatic rings. The Morgan fingerprint density at radius 2 is 1.75 bits per heavy atom. The van der Waals surface area contributed by atoms with Crippen molar-refractivity contribution in [3.8, 4) is 0 Å². The Kier molecular flexibility index (Phi) is 5.27. The fourth-order valence-electron chi connectivity index (χ4n) is 2.21. The van der Waals surface area contributed by atoms with Gasteiger partial charge in [0.05, 0.1) is 6.54 Å². The lowest BCUT2D eigenvalue weighted by Gasteiger charge is -2.08. The smallest absolute Gasteiger partial charge is 0.176 e. The van der Waals surface area contributed by atoms with Gasteiger partial charge in [-0.1, -0.05) is 45.8 Å². The molecule has 0 saturated carbocycles. The minimum absolute atomic E-state index is 0.521. The maximum atomic E-state index is 5.33. The summed E-state index contributed by atoms with van der Waals surface area (Å²) < 4.78 is 2.95. The average molecular weight is 401 g/mol. The maximum Gasteiger partial charge on any atom is 0.176 e. The summed E-state index contributed by atoms with van der Waals surface area (Å²) >= 11 is 8.77. The van der Waals surface area contributed by atoms with Crippen molar-refractivity contribution in [2.24, 2.45) is 0 Å². The lowest BCUT2D eigenvalue weighted by molar-refractivity contribution is 0.690. The van der Waals surface area contributed by atoms with E-state index >= 15 is 0 Å². The second kappa shape index (κ2) is 7.59. The van der Waals surface area contributed by atoms with E-state index in [1.165, 1.54) is 11.1 Å². The summed E-state index contributed by atoms with van der Waals surface area (Å²) in [7, 11) is 0. The number of hydrogen-bond acceptors (Lipinski definition) is 2. The largest absolute Gasteiger partial charge is 0.332 e. The Morgan fingerprint density at radius 1 is 1.04 bits per heavy atom. The minimum Gasteiger partial charge on any atom is -0.332 e. The van der Waals surface area contributed by atoms with E-state index < -0.39 is 0 Å². The predicted molar refractivity (Wildman–Crippen MR) is 106 cm³/mol. The number of aryl methyl sites for hydroxylation is 1. The summed E-state index contributed by atoms with van der Waals surface area (Å²) in [5, 5.41) is 11.3. The molecule has 0 saturated heterocycles. The SMILES string of the molecule is Cc1ccc(NC(=S)Nc2ccn(Cc3ccc(Br)cc3)n2)cc1. The molecular weight excluding hydrogens is 384 g/mol. The third-order valence-electron chi connectivity index (χ3n) is 3.45. The zero-order chi connectivity index (χ0) is 16.9. The average Bonchev–Trinajstić information content (AvgIpc) is 2.99. The highest BCUT2D eigenvalue weighted by atomic mass is 79.9. The standard InChI is InChI=1S/C18H17BrN4S/c1-13-2-8-16(9-3-13)20-18(24)21-17-10-11-23(22-17)12-14-4-6-15(19)7-5-14/h2-11H,12H2,1H3,(H2,20,21,22,24). The lowest BCUT2D eigenvalue weighted by Crippen LogP contribution is -2.19. The van der Waals surface area contributed by atoms with Gasteiger partial charge in [0.2, 0.25) is 0 Å². The molecule has 2 aromatic carbocycles. The van der Waals surface area contributed by atoms with E-state index in [0.717, 1.165) is 16.0 Å². The van der Waals surface area contributed by atoms with Gasteiger partial charge in [-0.25, -0.2) is 0 Å². The number of hydrogen-bond donors (Lipinski definition) is 2. The maximum absolute atomic E-state index is 5.33. The lowest BCUT2D eigenvalue weighted by atomic mass is 10.2. The summed E-state index contributed by atoms with van der Waals surface area (Å²) in [4.78, 5) is 0. The molecule has 2 N–H and O–H groups in total. The van der Waals surface area contributed by atoms with Gasteiger partial charge in [0.25, 0.3) is 0 Å². The fraction of sp³-hybridized carbons (Fsp3) is 0.111. The van der Waals surface area contributed by atoms with Crippen molar-refractivity contribution in [2.45, 2.75) is 13.5 Å². The van der Waals surface area contributed by atoms with E-state index in [2.05, 4.69) is 50.7 Å². The van der Waals surface area contributed by atoms with Crippen LogP contribution in [-0.4, -0.2) is 14.9 Å². The number of aromatic nitrogens is 2. The van der Waals surface area contributed by atoms with Crippen LogP contribution in [0.1, 0.15) is 11.1 Å². The van der Waals surface area contributed by atoms with Crippen LogP contribution < -0.4 is 10.6 Å². The summed E-state index contributed by atoms with van der Waals surface area (Å²) in [6.45, 7) is 2.77. The van der Waals surface area contributed by atoms with Gasteiger partial charge in [0.15, 0.2) is 10.9 Å². The summed E-state index contributed by atoms with van der Waals surface area (Å²) in [5.74, 6) is 0.719. The monoisotopic (exact) mass is 400 g/mol. The first-order valence-electron chi connectivity index (χ1n) is 7.51. The van der Waals surface area contributed by atoms with Crippen molar-refractivity contribution in [1.82, 2.24) is 9.78 Å². The second-order valence-corrected chi connectivity index (χ2v) is 6.79. The van der Waals surface area contributed by atoms with E-state index in [0.29, 0.717) is 11.7 Å². The van der Waals surface area contributed by atoms with Crippen molar-refractivity contribution < 1.29 is 0 Å². The van der Waals surface area contributed by atoms with Gasteiger partial charge >= 0.3 is 0 Å². The van der Waals surface area contributed by atoms with Crippen molar-refractivity contribution >= 4 is 44.8 Å². The molecule has 0 fully saturated rings. The highest BCUT2D eigenvalue weighted by molar-refractivity contribution is 9.10. The molecule has 0 aliphatic rings. The summed E-state index contributed by atoms with van der Waals surface area (Å²) in [6.07, 6.45) is 1.93. The topological polar surface area (TPSA) is 41.9 Å². The van der Waals surface area contributed by atoms with Crippen LogP contribution in [0.3, 0.4) is 0 Å². The normalized spacial score (nSPS) is 10.4. The molecule has 0 atom stereocenters. The van der Waals surface area contributed by atoms with E-state index in [1.54, 1.807) is 0 Å². The molecule has 0 bridgehead atoms. The Hall–Kier alpha value is -2.18. The van der Waals surface area contributed by atoms with Gasteiger partial charge in [-0.15, -0.1) is 0 Å². The first-order valence-corrected chi connectivity index (χ1v) is 8.71. The molecule has 4 nitrogen and oxygen atoms in total. The van der Waals surface area contributed by atoms with Crippen LogP contribution in [0.5, 0.6) is 0 Å². The molecule has 0 spiro atoms. The number of anilines is 2. The van der Waals surface area contributed by atoms with Crippen LogP contribution >= 0.6 is 28.1 Å². The number of nitrogens with one attached hydrogen (secondary N) is 2. The molecule has 6 heteroatoms. The Balaban J connectivity index is 1.58. The number of thiocarbonyl (C=S) groups is 1. The molecule has 122 valence electrons. The van der Waals surface area contributed by atoms with E-state index in [9.17, 15) is 0 Å². The van der Waals surface area contributed by atoms with Gasteiger partial charge in [-0.05, 0) is 49.0 Å². The molecule has 1 aromatic heterocycles. The Labute approximate surface area is 155 Å². The predicted octanol–water partition coefficient (Wildman–Crippen LogP) is 4.81. The summed E-state index contributed by atoms with van der Waals surface area (Å²) in [5.41, 5.74) is 3.35. The first-order chi connectivity index (χ1) is 11.6. The minimum atomic E-state index is 0.521. The molecule has 1 heterocycles. The van der Waals surface area contributed by atoms with Crippen molar-refractivity contribution in [1.29, 1.82) is 0 Å². The van der Waals surface area contributed by atoms with E-state index in [-0.39, 0.29) is 0 Å². The van der Waals surface area contributed by atoms with Crippen molar-refractivity contribution in [3.63, 3.8) is 0 Å². The van der Waals surface area contributed by atoms with Crippen molar-refractivity contribution in [2.75, 3.05) is 10.6 Å². The molecule has 0 radical (unpaired) electrons. The van der Waals surface area contributed by atoms with Crippen LogP contribution in [0.25, 0.3) is 0 Å². The van der Waals surface area contributed by atoms with Gasteiger partial charge in [-0.2, -0.15) is 5.10 Å². The van der Waals surface area contributed by atoms with Gasteiger partial charge < -0.3 is 10.6 Å². The number of rotatable bonds is 4. The zero-order valence-corrected chi connectivity index (χ0v) is 15.6. The van der Waals surface area contributed by atoms with Crippen LogP contribution in [0.4, 0.5) is 11.5 Å². The fourth-order valence-corrected chi connectivity index (χ4v) is 2.70. The highest BCUT2D eigenvalue weighted by Crippen LogP contribution is 2.13. The second-order valence-electron chi connectivity index (χ2n) is 5.47. The highest BCUT2D eigenvalue weighted by Gasteiger charge is 2.03. The number of benzene rings is 2. The first kappa shape index (κ1) is 16.7. The van der Waals surface area contributed by atoms with Crippen LogP contribution in [0.15, 0.2) is 65.3 Å². The van der Waals surface area contributed by atoms with Crippen LogP contribution in [0, 0.1) is 6.92 Å². The van der Waals surface area contributed by atoms with Gasteiger partial charge in [-0.3, -0.25) is 4.68 Å². The van der Waals surface area contributed by atoms with E-state index in [1.807, 2.05) is 53.3 Å². The molecule has 24 heavy (non-hydrogen) atoms. The van der Waals surface area contributed by atoms with Crippen molar-refractivity contribution in [3.05, 3.63) is 76.4 Å². The summed E-state index contributed by atoms with van der Waals surface area (Å²) in [6, 6.07) is 18.2. The third-order valence-corrected chi connectivity index (χ3v) is 4.18. The molecule has 0 amide bonds. The third kappa shape index (κ3) is 4.66. The van der Waals surface area contributed by atoms with Crippen LogP contribution in [0.2, 0.25) is 0 Å². The van der Waals surface area contributed by atoms with Gasteiger partial charge in [0, 0.05) is 22.4 Å². The Morgan fingerprint density at radius 3 is 2.46 bits per heavy atom. The molecule has 3 rings (SSSR count). The molecular formula is C18H17BrN4S. The number of halogens is 1. The number of nitrogens with zero attached hydrogens (tertiary/aromatic N) is 2. The Bertz CT molecular complexity index is 825. The van der Waals surface area contributed by atoms with Crippen LogP contribution in [-0.2, 0) is 6.54 Å². The molecule has 0 aliphatic heterocycles. The zero-order valence-electron chi connectivity index (χ0n) is 13.2. The molecule has 0 aliphatic carbocycles. The quantitative estimate of drug-likeness (QED) is 0.616. The van der Waals surface area contributed by atoms with Gasteiger partial charge in [0.1, 0.15) is 0 Å². The molecule has 0 unspecified atom stereocenters. The van der Waals surface area contributed by atoms with E-state index in [4.69, 9.17) is 12.2 Å².